The summed E-state index contributed by atoms with van der Waals surface area (Å²) in [5, 5.41) is 7.27. The molecule has 4 N–H and O–H groups in total. The highest BCUT2D eigenvalue weighted by atomic mass is 19.4. The average Bonchev–Trinajstić information content (AvgIpc) is 3.31. The van der Waals surface area contributed by atoms with Crippen molar-refractivity contribution in [3.8, 4) is 17.0 Å². The van der Waals surface area contributed by atoms with E-state index < -0.39 is 29.4 Å². The van der Waals surface area contributed by atoms with Gasteiger partial charge in [-0.05, 0) is 61.4 Å². The molecule has 4 rings (SSSR count). The lowest BCUT2D eigenvalue weighted by Gasteiger charge is -2.11. The van der Waals surface area contributed by atoms with Crippen LogP contribution in [0.15, 0.2) is 59.8 Å². The van der Waals surface area contributed by atoms with E-state index in [0.29, 0.717) is 21.4 Å². The molecule has 0 saturated heterocycles. The second-order valence-corrected chi connectivity index (χ2v) is 8.26. The van der Waals surface area contributed by atoms with Crippen LogP contribution >= 0.6 is 0 Å². The number of rotatable bonds is 7. The highest BCUT2D eigenvalue weighted by Gasteiger charge is 2.36. The molecule has 0 bridgehead atoms. The summed E-state index contributed by atoms with van der Waals surface area (Å²) in [6, 6.07) is 13.1. The molecule has 2 aromatic heterocycles. The number of carbonyl (C=O) groups excluding carboxylic acids is 2. The zero-order chi connectivity index (χ0) is 27.6. The fourth-order valence-electron chi connectivity index (χ4n) is 3.39. The first-order valence-electron chi connectivity index (χ1n) is 11.0. The van der Waals surface area contributed by atoms with Gasteiger partial charge in [0.25, 0.3) is 5.91 Å². The first kappa shape index (κ1) is 26.1. The minimum Gasteiger partial charge on any atom is -0.484 e. The molecule has 0 unspecified atom stereocenters. The third-order valence-electron chi connectivity index (χ3n) is 5.49. The van der Waals surface area contributed by atoms with Crippen LogP contribution in [0.25, 0.3) is 16.9 Å². The number of alkyl halides is 3. The van der Waals surface area contributed by atoms with Crippen molar-refractivity contribution < 1.29 is 32.3 Å². The van der Waals surface area contributed by atoms with E-state index in [1.807, 2.05) is 13.8 Å². The zero-order valence-electron chi connectivity index (χ0n) is 20.1. The SMILES string of the molecule is Cc1ccc(-c2cc(C(F)(F)F)n3nc(C(=O)O/N=C(\N)c4ccc(OCC(N)=O)cc4)cc3n2)cc1C. The fraction of sp³-hybridized carbons (Fsp3) is 0.160. The van der Waals surface area contributed by atoms with E-state index in [-0.39, 0.29) is 23.8 Å². The molecule has 0 aliphatic heterocycles. The molecule has 38 heavy (non-hydrogen) atoms. The molecule has 13 heteroatoms. The van der Waals surface area contributed by atoms with Crippen molar-refractivity contribution in [2.45, 2.75) is 20.0 Å². The predicted octanol–water partition coefficient (Wildman–Crippen LogP) is 3.37. The van der Waals surface area contributed by atoms with Crippen LogP contribution in [0, 0.1) is 13.8 Å². The first-order chi connectivity index (χ1) is 17.9. The van der Waals surface area contributed by atoms with Gasteiger partial charge in [-0.15, -0.1) is 0 Å². The number of carbonyl (C=O) groups is 2. The van der Waals surface area contributed by atoms with Crippen LogP contribution in [0.3, 0.4) is 0 Å². The molecule has 0 fully saturated rings. The first-order valence-corrected chi connectivity index (χ1v) is 11.0. The van der Waals surface area contributed by atoms with E-state index in [9.17, 15) is 22.8 Å². The number of halogens is 3. The van der Waals surface area contributed by atoms with Gasteiger partial charge in [-0.3, -0.25) is 4.79 Å². The Morgan fingerprint density at radius 2 is 1.71 bits per heavy atom. The molecule has 0 aliphatic rings. The molecule has 1 amide bonds. The number of oxime groups is 1. The number of aromatic nitrogens is 3. The van der Waals surface area contributed by atoms with Crippen LogP contribution in [-0.4, -0.2) is 38.9 Å². The van der Waals surface area contributed by atoms with Crippen LogP contribution in [0.4, 0.5) is 13.2 Å². The summed E-state index contributed by atoms with van der Waals surface area (Å²) in [6.45, 7) is 3.42. The second-order valence-electron chi connectivity index (χ2n) is 8.26. The van der Waals surface area contributed by atoms with E-state index >= 15 is 0 Å². The number of ether oxygens (including phenoxy) is 1. The van der Waals surface area contributed by atoms with Gasteiger partial charge in [0.2, 0.25) is 0 Å². The minimum absolute atomic E-state index is 0.0678. The Morgan fingerprint density at radius 1 is 1.00 bits per heavy atom. The van der Waals surface area contributed by atoms with Crippen molar-refractivity contribution in [2.24, 2.45) is 16.6 Å². The average molecular weight is 526 g/mol. The van der Waals surface area contributed by atoms with Crippen LogP contribution < -0.4 is 16.2 Å². The van der Waals surface area contributed by atoms with E-state index in [0.717, 1.165) is 23.3 Å². The maximum atomic E-state index is 13.9. The Morgan fingerprint density at radius 3 is 2.34 bits per heavy atom. The molecular formula is C25H21F3N6O4. The van der Waals surface area contributed by atoms with Gasteiger partial charge in [0.05, 0.1) is 5.69 Å². The Balaban J connectivity index is 1.60. The quantitative estimate of drug-likeness (QED) is 0.162. The van der Waals surface area contributed by atoms with Crippen LogP contribution in [-0.2, 0) is 15.8 Å². The summed E-state index contributed by atoms with van der Waals surface area (Å²) in [7, 11) is 0. The Labute approximate surface area is 213 Å². The number of benzene rings is 2. The number of primary amides is 1. The maximum Gasteiger partial charge on any atom is 0.433 e. The van der Waals surface area contributed by atoms with Gasteiger partial charge in [-0.25, -0.2) is 14.3 Å². The van der Waals surface area contributed by atoms with Crippen molar-refractivity contribution in [3.05, 3.63) is 82.7 Å². The zero-order valence-corrected chi connectivity index (χ0v) is 20.1. The van der Waals surface area contributed by atoms with Crippen molar-refractivity contribution >= 4 is 23.4 Å². The van der Waals surface area contributed by atoms with Crippen molar-refractivity contribution in [1.29, 1.82) is 0 Å². The summed E-state index contributed by atoms with van der Waals surface area (Å²) in [5.41, 5.74) is 11.8. The lowest BCUT2D eigenvalue weighted by atomic mass is 10.0. The third-order valence-corrected chi connectivity index (χ3v) is 5.49. The maximum absolute atomic E-state index is 13.9. The largest absolute Gasteiger partial charge is 0.484 e. The number of fused-ring (bicyclic) bond motifs is 1. The van der Waals surface area contributed by atoms with Gasteiger partial charge in [0.1, 0.15) is 5.75 Å². The van der Waals surface area contributed by atoms with E-state index in [2.05, 4.69) is 15.2 Å². The summed E-state index contributed by atoms with van der Waals surface area (Å²) in [5.74, 6) is -1.64. The van der Waals surface area contributed by atoms with Gasteiger partial charge >= 0.3 is 12.1 Å². The molecule has 0 spiro atoms. The van der Waals surface area contributed by atoms with Crippen LogP contribution in [0.2, 0.25) is 0 Å². The Bertz CT molecular complexity index is 1560. The number of hydrogen-bond donors (Lipinski definition) is 2. The van der Waals surface area contributed by atoms with Crippen molar-refractivity contribution in [3.63, 3.8) is 0 Å². The van der Waals surface area contributed by atoms with Gasteiger partial charge in [-0.1, -0.05) is 17.3 Å². The van der Waals surface area contributed by atoms with E-state index in [1.54, 1.807) is 18.2 Å². The van der Waals surface area contributed by atoms with Gasteiger partial charge in [-0.2, -0.15) is 18.3 Å². The van der Waals surface area contributed by atoms with Crippen molar-refractivity contribution in [1.82, 2.24) is 14.6 Å². The molecular weight excluding hydrogens is 505 g/mol. The molecule has 0 atom stereocenters. The smallest absolute Gasteiger partial charge is 0.433 e. The standard InChI is InChI=1S/C25H21F3N6O4/c1-13-3-4-16(9-14(13)2)18-10-20(25(26,27)28)34-22(31-18)11-19(32-34)24(36)38-33-23(30)15-5-7-17(8-6-15)37-12-21(29)35/h3-11H,12H2,1-2H3,(H2,29,35)(H2,30,33). The normalized spacial score (nSPS) is 12.0. The second kappa shape index (κ2) is 10.2. The summed E-state index contributed by atoms with van der Waals surface area (Å²) < 4.78 is 47.2. The molecule has 2 heterocycles. The van der Waals surface area contributed by atoms with Gasteiger partial charge in [0.15, 0.2) is 29.5 Å². The monoisotopic (exact) mass is 526 g/mol. The lowest BCUT2D eigenvalue weighted by Crippen LogP contribution is -2.20. The van der Waals surface area contributed by atoms with Crippen molar-refractivity contribution in [2.75, 3.05) is 6.61 Å². The summed E-state index contributed by atoms with van der Waals surface area (Å²) >= 11 is 0. The van der Waals surface area contributed by atoms with E-state index in [4.69, 9.17) is 21.0 Å². The highest BCUT2D eigenvalue weighted by molar-refractivity contribution is 5.98. The molecule has 0 aliphatic carbocycles. The number of amides is 1. The molecule has 0 radical (unpaired) electrons. The molecule has 4 aromatic rings. The summed E-state index contributed by atoms with van der Waals surface area (Å²) in [4.78, 5) is 32.4. The fourth-order valence-corrected chi connectivity index (χ4v) is 3.39. The molecule has 196 valence electrons. The number of hydrogen-bond acceptors (Lipinski definition) is 7. The Kier molecular flexibility index (Phi) is 7.02. The molecule has 10 nitrogen and oxygen atoms in total. The van der Waals surface area contributed by atoms with Crippen LogP contribution in [0.5, 0.6) is 5.75 Å². The number of nitrogens with zero attached hydrogens (tertiary/aromatic N) is 4. The topological polar surface area (TPSA) is 147 Å². The molecule has 0 saturated carbocycles. The highest BCUT2D eigenvalue weighted by Crippen LogP contribution is 2.32. The van der Waals surface area contributed by atoms with Gasteiger partial charge in [0, 0.05) is 17.2 Å². The van der Waals surface area contributed by atoms with E-state index in [1.165, 1.54) is 24.3 Å². The molecule has 2 aromatic carbocycles. The van der Waals surface area contributed by atoms with Gasteiger partial charge < -0.3 is 21.0 Å². The van der Waals surface area contributed by atoms with Crippen LogP contribution in [0.1, 0.15) is 32.9 Å². The predicted molar refractivity (Wildman–Crippen MR) is 130 cm³/mol. The Hall–Kier alpha value is -4.94. The lowest BCUT2D eigenvalue weighted by molar-refractivity contribution is -0.142. The number of aryl methyl sites for hydroxylation is 2. The number of nitrogens with two attached hydrogens (primary N) is 2. The number of amidine groups is 1. The summed E-state index contributed by atoms with van der Waals surface area (Å²) in [6.07, 6.45) is -4.78. The minimum atomic E-state index is -4.78. The third kappa shape index (κ3) is 5.72.